The van der Waals surface area contributed by atoms with Crippen molar-refractivity contribution >= 4 is 61.6 Å². The highest BCUT2D eigenvalue weighted by Gasteiger charge is 2.27. The van der Waals surface area contributed by atoms with Crippen molar-refractivity contribution in [1.82, 2.24) is 14.9 Å². The highest BCUT2D eigenvalue weighted by Crippen LogP contribution is 2.36. The molecule has 2 fully saturated rings. The number of piperidine rings is 1. The molecule has 0 spiro atoms. The van der Waals surface area contributed by atoms with Crippen molar-refractivity contribution in [3.63, 3.8) is 0 Å². The number of sulfone groups is 1. The van der Waals surface area contributed by atoms with E-state index in [1.54, 1.807) is 32.4 Å². The Balaban J connectivity index is 1.28. The van der Waals surface area contributed by atoms with Gasteiger partial charge in [-0.05, 0) is 50.3 Å². The second-order valence-electron chi connectivity index (χ2n) is 10.1. The van der Waals surface area contributed by atoms with E-state index in [9.17, 15) is 8.42 Å². The molecule has 2 N–H and O–H groups in total. The van der Waals surface area contributed by atoms with Gasteiger partial charge in [-0.3, -0.25) is 4.90 Å². The fourth-order valence-corrected chi connectivity index (χ4v) is 7.84. The summed E-state index contributed by atoms with van der Waals surface area (Å²) in [6.45, 7) is 9.00. The highest BCUT2D eigenvalue weighted by molar-refractivity contribution is 7.94. The molecule has 0 radical (unpaired) electrons. The summed E-state index contributed by atoms with van der Waals surface area (Å²) in [5.74, 6) is 1.27. The lowest BCUT2D eigenvalue weighted by Gasteiger charge is -2.40. The van der Waals surface area contributed by atoms with Crippen molar-refractivity contribution in [2.45, 2.75) is 42.2 Å². The van der Waals surface area contributed by atoms with E-state index in [0.29, 0.717) is 34.9 Å². The number of anilines is 5. The van der Waals surface area contributed by atoms with Crippen LogP contribution >= 0.6 is 22.9 Å². The van der Waals surface area contributed by atoms with Crippen LogP contribution in [-0.2, 0) is 14.6 Å². The average Bonchev–Trinajstić information content (AvgIpc) is 3.44. The lowest BCUT2D eigenvalue weighted by molar-refractivity contribution is 0.0115. The van der Waals surface area contributed by atoms with Crippen LogP contribution in [-0.4, -0.2) is 81.1 Å². The normalized spacial score (nSPS) is 17.3. The molecule has 216 valence electrons. The van der Waals surface area contributed by atoms with Gasteiger partial charge in [0.2, 0.25) is 5.95 Å². The largest absolute Gasteiger partial charge is 0.494 e. The van der Waals surface area contributed by atoms with Crippen LogP contribution in [0.4, 0.5) is 28.8 Å². The number of rotatable bonds is 9. The van der Waals surface area contributed by atoms with Crippen molar-refractivity contribution in [2.75, 3.05) is 62.0 Å². The minimum absolute atomic E-state index is 0.248. The van der Waals surface area contributed by atoms with Gasteiger partial charge in [-0.25, -0.2) is 13.4 Å². The van der Waals surface area contributed by atoms with Crippen LogP contribution in [0.5, 0.6) is 5.75 Å². The van der Waals surface area contributed by atoms with Gasteiger partial charge in [-0.15, -0.1) is 11.3 Å². The highest BCUT2D eigenvalue weighted by atomic mass is 35.5. The maximum Gasteiger partial charge on any atom is 0.229 e. The monoisotopic (exact) mass is 606 g/mol. The van der Waals surface area contributed by atoms with Gasteiger partial charge in [0.25, 0.3) is 0 Å². The first-order valence-electron chi connectivity index (χ1n) is 13.4. The molecule has 4 heterocycles. The van der Waals surface area contributed by atoms with E-state index < -0.39 is 15.1 Å². The average molecular weight is 607 g/mol. The maximum absolute atomic E-state index is 12.8. The molecule has 5 rings (SSSR count). The Morgan fingerprint density at radius 3 is 2.55 bits per heavy atom. The summed E-state index contributed by atoms with van der Waals surface area (Å²) in [5, 5.41) is 7.74. The molecule has 2 saturated heterocycles. The summed E-state index contributed by atoms with van der Waals surface area (Å²) in [5.41, 5.74) is 2.25. The number of nitrogens with zero attached hydrogens (tertiary/aromatic N) is 4. The van der Waals surface area contributed by atoms with Gasteiger partial charge in [0.15, 0.2) is 15.7 Å². The van der Waals surface area contributed by atoms with Crippen LogP contribution in [0.3, 0.4) is 0 Å². The van der Waals surface area contributed by atoms with Crippen molar-refractivity contribution in [3.8, 4) is 5.75 Å². The second kappa shape index (κ2) is 12.5. The molecular weight excluding hydrogens is 572 g/mol. The van der Waals surface area contributed by atoms with E-state index in [1.807, 2.05) is 12.1 Å². The molecule has 3 aromatic rings. The Labute approximate surface area is 244 Å². The minimum Gasteiger partial charge on any atom is -0.494 e. The first kappa shape index (κ1) is 28.9. The van der Waals surface area contributed by atoms with E-state index in [-0.39, 0.29) is 9.23 Å². The third kappa shape index (κ3) is 6.31. The number of morpholine rings is 1. The number of halogens is 1. The SMILES string of the molecule is COc1cc(N2CCC(N3CCOCC3)CC2)ccc1Nc1ncc(Cl)c(Nc2ccsc2S(=O)(=O)C(C)C)n1. The Morgan fingerprint density at radius 2 is 1.85 bits per heavy atom. The predicted molar refractivity (Wildman–Crippen MR) is 161 cm³/mol. The van der Waals surface area contributed by atoms with Crippen LogP contribution in [0.2, 0.25) is 5.02 Å². The second-order valence-corrected chi connectivity index (χ2v) is 14.1. The van der Waals surface area contributed by atoms with Crippen molar-refractivity contribution in [3.05, 3.63) is 40.9 Å². The molecule has 10 nitrogen and oxygen atoms in total. The van der Waals surface area contributed by atoms with Gasteiger partial charge < -0.3 is 25.0 Å². The zero-order valence-corrected chi connectivity index (χ0v) is 25.3. The third-order valence-corrected chi connectivity index (χ3v) is 11.3. The number of hydrogen-bond acceptors (Lipinski definition) is 11. The Bertz CT molecular complexity index is 1420. The molecule has 0 aliphatic carbocycles. The summed E-state index contributed by atoms with van der Waals surface area (Å²) in [4.78, 5) is 13.8. The first-order chi connectivity index (χ1) is 19.3. The van der Waals surface area contributed by atoms with Crippen LogP contribution in [0.1, 0.15) is 26.7 Å². The van der Waals surface area contributed by atoms with Crippen LogP contribution in [0.15, 0.2) is 40.1 Å². The third-order valence-electron chi connectivity index (χ3n) is 7.33. The number of ether oxygens (including phenoxy) is 2. The number of methoxy groups -OCH3 is 1. The molecular formula is C27H35ClN6O4S2. The number of aromatic nitrogens is 2. The Hall–Kier alpha value is -2.64. The summed E-state index contributed by atoms with van der Waals surface area (Å²) < 4.78 is 37.0. The zero-order valence-electron chi connectivity index (χ0n) is 22.9. The van der Waals surface area contributed by atoms with E-state index in [0.717, 1.165) is 69.3 Å². The molecule has 0 unspecified atom stereocenters. The standard InChI is InChI=1S/C27H35ClN6O4S2/c1-18(2)40(35,36)26-23(8-15-39-26)30-25-21(28)17-29-27(32-25)31-22-5-4-20(16-24(22)37-3)33-9-6-19(7-10-33)34-11-13-38-14-12-34/h4-5,8,15-19H,6-7,9-14H2,1-3H3,(H2,29,30,31,32). The fraction of sp³-hybridized carbons (Fsp3) is 0.481. The van der Waals surface area contributed by atoms with Gasteiger partial charge in [0.1, 0.15) is 15.0 Å². The minimum atomic E-state index is -3.46. The van der Waals surface area contributed by atoms with E-state index in [2.05, 4.69) is 36.5 Å². The van der Waals surface area contributed by atoms with Gasteiger partial charge in [-0.2, -0.15) is 4.98 Å². The van der Waals surface area contributed by atoms with Gasteiger partial charge in [0, 0.05) is 44.0 Å². The smallest absolute Gasteiger partial charge is 0.229 e. The Morgan fingerprint density at radius 1 is 1.10 bits per heavy atom. The molecule has 2 aliphatic rings. The summed E-state index contributed by atoms with van der Waals surface area (Å²) in [6, 6.07) is 8.38. The summed E-state index contributed by atoms with van der Waals surface area (Å²) in [6.07, 6.45) is 3.73. The topological polar surface area (TPSA) is 109 Å². The molecule has 2 aliphatic heterocycles. The Kier molecular flexibility index (Phi) is 9.01. The van der Waals surface area contributed by atoms with E-state index in [1.165, 1.54) is 6.20 Å². The molecule has 13 heteroatoms. The lowest BCUT2D eigenvalue weighted by Crippen LogP contribution is -2.49. The molecule has 40 heavy (non-hydrogen) atoms. The summed E-state index contributed by atoms with van der Waals surface area (Å²) >= 11 is 7.53. The zero-order chi connectivity index (χ0) is 28.3. The van der Waals surface area contributed by atoms with Gasteiger partial charge in [-0.1, -0.05) is 11.6 Å². The first-order valence-corrected chi connectivity index (χ1v) is 16.2. The molecule has 1 aromatic carbocycles. The van der Waals surface area contributed by atoms with E-state index in [4.69, 9.17) is 21.1 Å². The van der Waals surface area contributed by atoms with E-state index >= 15 is 0 Å². The molecule has 2 aromatic heterocycles. The predicted octanol–water partition coefficient (Wildman–Crippen LogP) is 5.17. The number of thiophene rings is 1. The van der Waals surface area contributed by atoms with Crippen molar-refractivity contribution < 1.29 is 17.9 Å². The molecule has 0 bridgehead atoms. The van der Waals surface area contributed by atoms with Crippen LogP contribution in [0.25, 0.3) is 0 Å². The van der Waals surface area contributed by atoms with Crippen molar-refractivity contribution in [2.24, 2.45) is 0 Å². The van der Waals surface area contributed by atoms with Gasteiger partial charge in [0.05, 0.1) is 43.1 Å². The van der Waals surface area contributed by atoms with Crippen molar-refractivity contribution in [1.29, 1.82) is 0 Å². The van der Waals surface area contributed by atoms with Crippen LogP contribution in [0, 0.1) is 0 Å². The lowest BCUT2D eigenvalue weighted by atomic mass is 10.0. The molecule has 0 atom stereocenters. The number of benzene rings is 1. The van der Waals surface area contributed by atoms with Gasteiger partial charge >= 0.3 is 0 Å². The fourth-order valence-electron chi connectivity index (χ4n) is 5.00. The van der Waals surface area contributed by atoms with Crippen LogP contribution < -0.4 is 20.3 Å². The number of nitrogens with one attached hydrogen (secondary N) is 2. The molecule has 0 saturated carbocycles. The number of hydrogen-bond donors (Lipinski definition) is 2. The summed E-state index contributed by atoms with van der Waals surface area (Å²) in [7, 11) is -1.82. The maximum atomic E-state index is 12.8. The quantitative estimate of drug-likeness (QED) is 0.338. The molecule has 0 amide bonds.